The van der Waals surface area contributed by atoms with E-state index in [0.717, 1.165) is 52.8 Å². The first kappa shape index (κ1) is 12.5. The van der Waals surface area contributed by atoms with E-state index in [1.54, 1.807) is 0 Å². The predicted octanol–water partition coefficient (Wildman–Crippen LogP) is 3.74. The van der Waals surface area contributed by atoms with Crippen LogP contribution in [0.3, 0.4) is 0 Å². The molecule has 0 spiro atoms. The van der Waals surface area contributed by atoms with Crippen molar-refractivity contribution in [2.75, 3.05) is 5.88 Å². The molecule has 5 rings (SSSR count). The maximum Gasteiger partial charge on any atom is 0.160 e. The third kappa shape index (κ3) is 1.61. The minimum Gasteiger partial charge on any atom is -0.309 e. The van der Waals surface area contributed by atoms with Gasteiger partial charge in [-0.05, 0) is 62.0 Å². The lowest BCUT2D eigenvalue weighted by Gasteiger charge is -2.13. The highest BCUT2D eigenvalue weighted by Gasteiger charge is 2.66. The largest absolute Gasteiger partial charge is 0.309 e. The molecular weight excluding hydrogens is 282 g/mol. The summed E-state index contributed by atoms with van der Waals surface area (Å²) in [5.74, 6) is 5.52. The fraction of sp³-hybridized carbons (Fsp3) is 0.647. The molecule has 0 saturated heterocycles. The monoisotopic (exact) mass is 301 g/mol. The van der Waals surface area contributed by atoms with E-state index in [4.69, 9.17) is 21.6 Å². The Hall–Kier alpha value is -1.09. The van der Waals surface area contributed by atoms with Crippen LogP contribution in [-0.4, -0.2) is 20.4 Å². The number of aryl methyl sites for hydroxylation is 2. The van der Waals surface area contributed by atoms with Gasteiger partial charge in [-0.3, -0.25) is 0 Å². The Balaban J connectivity index is 1.64. The van der Waals surface area contributed by atoms with Crippen molar-refractivity contribution < 1.29 is 0 Å². The van der Waals surface area contributed by atoms with Crippen LogP contribution in [0.15, 0.2) is 12.1 Å². The summed E-state index contributed by atoms with van der Waals surface area (Å²) in [5.41, 5.74) is 3.21. The molecule has 3 saturated carbocycles. The van der Waals surface area contributed by atoms with Crippen LogP contribution in [0.4, 0.5) is 0 Å². The highest BCUT2D eigenvalue weighted by Crippen LogP contribution is 2.71. The Bertz CT molecular complexity index is 706. The van der Waals surface area contributed by atoms with Crippen LogP contribution in [0.2, 0.25) is 0 Å². The summed E-state index contributed by atoms with van der Waals surface area (Å²) in [6, 6.07) is 4.83. The molecule has 0 aromatic carbocycles. The highest BCUT2D eigenvalue weighted by molar-refractivity contribution is 6.17. The van der Waals surface area contributed by atoms with E-state index >= 15 is 0 Å². The molecule has 4 atom stereocenters. The zero-order valence-electron chi connectivity index (χ0n) is 12.3. The number of aromatic nitrogens is 3. The molecule has 0 amide bonds. The molecule has 3 aliphatic rings. The van der Waals surface area contributed by atoms with Crippen LogP contribution < -0.4 is 0 Å². The van der Waals surface area contributed by atoms with Gasteiger partial charge in [-0.15, -0.1) is 11.6 Å². The van der Waals surface area contributed by atoms with Gasteiger partial charge in [-0.25, -0.2) is 9.97 Å². The zero-order chi connectivity index (χ0) is 14.1. The minimum absolute atomic E-state index is 0.636. The lowest BCUT2D eigenvalue weighted by atomic mass is 10.0. The van der Waals surface area contributed by atoms with Crippen molar-refractivity contribution in [3.8, 4) is 0 Å². The van der Waals surface area contributed by atoms with E-state index in [2.05, 4.69) is 23.6 Å². The third-order valence-electron chi connectivity index (χ3n) is 6.06. The van der Waals surface area contributed by atoms with E-state index < -0.39 is 0 Å². The molecule has 0 aliphatic heterocycles. The first-order valence-corrected chi connectivity index (χ1v) is 8.72. The quantitative estimate of drug-likeness (QED) is 0.809. The molecule has 2 bridgehead atoms. The van der Waals surface area contributed by atoms with Gasteiger partial charge in [-0.1, -0.05) is 0 Å². The Labute approximate surface area is 129 Å². The van der Waals surface area contributed by atoms with Crippen LogP contribution in [0.1, 0.15) is 36.8 Å². The number of hydrogen-bond acceptors (Lipinski definition) is 2. The number of halogens is 1. The van der Waals surface area contributed by atoms with Crippen molar-refractivity contribution in [1.82, 2.24) is 14.5 Å². The number of pyridine rings is 1. The zero-order valence-corrected chi connectivity index (χ0v) is 13.1. The van der Waals surface area contributed by atoms with Crippen molar-refractivity contribution in [2.24, 2.45) is 23.7 Å². The van der Waals surface area contributed by atoms with E-state index in [1.807, 2.05) is 0 Å². The predicted molar refractivity (Wildman–Crippen MR) is 83.5 cm³/mol. The van der Waals surface area contributed by atoms with Gasteiger partial charge in [0.25, 0.3) is 0 Å². The number of hydrogen-bond donors (Lipinski definition) is 0. The van der Waals surface area contributed by atoms with Gasteiger partial charge in [0.1, 0.15) is 11.3 Å². The van der Waals surface area contributed by atoms with E-state index in [1.165, 1.54) is 19.3 Å². The molecule has 21 heavy (non-hydrogen) atoms. The molecule has 3 nitrogen and oxygen atoms in total. The van der Waals surface area contributed by atoms with Crippen LogP contribution in [0, 0.1) is 30.6 Å². The summed E-state index contributed by atoms with van der Waals surface area (Å²) in [4.78, 5) is 9.61. The molecule has 0 radical (unpaired) electrons. The van der Waals surface area contributed by atoms with Crippen LogP contribution in [-0.2, 0) is 6.42 Å². The Kier molecular flexibility index (Phi) is 2.50. The Morgan fingerprint density at radius 3 is 2.67 bits per heavy atom. The molecule has 2 aromatic heterocycles. The van der Waals surface area contributed by atoms with Gasteiger partial charge in [-0.2, -0.15) is 0 Å². The molecule has 3 aliphatic carbocycles. The molecular formula is C17H20ClN3. The maximum absolute atomic E-state index is 6.01. The van der Waals surface area contributed by atoms with Crippen LogP contribution in [0.25, 0.3) is 11.2 Å². The normalized spacial score (nSPS) is 36.4. The molecule has 4 unspecified atom stereocenters. The smallest absolute Gasteiger partial charge is 0.160 e. The summed E-state index contributed by atoms with van der Waals surface area (Å²) in [6.07, 6.45) is 5.23. The summed E-state index contributed by atoms with van der Waals surface area (Å²) >= 11 is 6.01. The molecule has 3 fully saturated rings. The fourth-order valence-electron chi connectivity index (χ4n) is 5.31. The maximum atomic E-state index is 6.01. The number of rotatable bonds is 3. The second-order valence-corrected chi connectivity index (χ2v) is 7.49. The summed E-state index contributed by atoms with van der Waals surface area (Å²) in [7, 11) is 0. The Morgan fingerprint density at radius 2 is 1.95 bits per heavy atom. The summed E-state index contributed by atoms with van der Waals surface area (Å²) in [5, 5.41) is 0. The third-order valence-corrected chi connectivity index (χ3v) is 6.25. The van der Waals surface area contributed by atoms with Gasteiger partial charge in [0.15, 0.2) is 5.65 Å². The van der Waals surface area contributed by atoms with Gasteiger partial charge in [0, 0.05) is 24.0 Å². The molecule has 0 N–H and O–H groups in total. The van der Waals surface area contributed by atoms with E-state index in [9.17, 15) is 0 Å². The second kappa shape index (κ2) is 4.22. The molecule has 2 heterocycles. The lowest BCUT2D eigenvalue weighted by molar-refractivity contribution is 0.451. The van der Waals surface area contributed by atoms with Gasteiger partial charge < -0.3 is 4.57 Å². The van der Waals surface area contributed by atoms with Crippen molar-refractivity contribution in [1.29, 1.82) is 0 Å². The average Bonchev–Trinajstić information content (AvgIpc) is 2.83. The number of nitrogens with zero attached hydrogens (tertiary/aromatic N) is 3. The molecule has 4 heteroatoms. The molecule has 2 aromatic rings. The van der Waals surface area contributed by atoms with Crippen molar-refractivity contribution in [2.45, 2.75) is 38.6 Å². The first-order valence-electron chi connectivity index (χ1n) is 8.18. The minimum atomic E-state index is 0.636. The lowest BCUT2D eigenvalue weighted by Crippen LogP contribution is -2.10. The van der Waals surface area contributed by atoms with Gasteiger partial charge in [0.05, 0.1) is 0 Å². The first-order chi connectivity index (χ1) is 10.3. The van der Waals surface area contributed by atoms with Crippen molar-refractivity contribution in [3.05, 3.63) is 23.7 Å². The van der Waals surface area contributed by atoms with E-state index in [-0.39, 0.29) is 0 Å². The average molecular weight is 302 g/mol. The number of fused-ring (bicyclic) bond motifs is 6. The van der Waals surface area contributed by atoms with Crippen LogP contribution in [0.5, 0.6) is 0 Å². The Morgan fingerprint density at radius 1 is 1.19 bits per heavy atom. The van der Waals surface area contributed by atoms with Gasteiger partial charge in [0.2, 0.25) is 0 Å². The highest BCUT2D eigenvalue weighted by atomic mass is 35.5. The summed E-state index contributed by atoms with van der Waals surface area (Å²) < 4.78 is 2.46. The fourth-order valence-corrected chi connectivity index (χ4v) is 5.48. The summed E-state index contributed by atoms with van der Waals surface area (Å²) in [6.45, 7) is 2.06. The van der Waals surface area contributed by atoms with Crippen molar-refractivity contribution >= 4 is 22.8 Å². The topological polar surface area (TPSA) is 30.7 Å². The van der Waals surface area contributed by atoms with Crippen LogP contribution >= 0.6 is 11.6 Å². The van der Waals surface area contributed by atoms with E-state index in [0.29, 0.717) is 11.9 Å². The standard InChI is InChI=1S/C17H20ClN3/c1-9-2-5-12-17(19-9)21(13(20-12)6-7-18)16-14-10-3-4-11(8-10)15(14)16/h2,5,10-11,14-16H,3-4,6-8H2,1H3. The van der Waals surface area contributed by atoms with Crippen molar-refractivity contribution in [3.63, 3.8) is 0 Å². The number of alkyl halides is 1. The SMILES string of the molecule is Cc1ccc2nc(CCCl)n(C3C4C5CCC(C5)C43)c2n1. The second-order valence-electron chi connectivity index (χ2n) is 7.11. The number of imidazole rings is 1. The van der Waals surface area contributed by atoms with Gasteiger partial charge >= 0.3 is 0 Å². The molecule has 110 valence electrons.